The third-order valence-electron chi connectivity index (χ3n) is 7.29. The van der Waals surface area contributed by atoms with Crippen molar-refractivity contribution in [3.05, 3.63) is 145 Å². The average molecular weight is 593 g/mol. The molecule has 42 heavy (non-hydrogen) atoms. The summed E-state index contributed by atoms with van der Waals surface area (Å²) < 4.78 is 58.2. The summed E-state index contributed by atoms with van der Waals surface area (Å²) in [5, 5.41) is 3.87. The van der Waals surface area contributed by atoms with Crippen molar-refractivity contribution in [1.29, 1.82) is 0 Å². The summed E-state index contributed by atoms with van der Waals surface area (Å²) in [5.74, 6) is 0. The van der Waals surface area contributed by atoms with E-state index in [2.05, 4.69) is 9.44 Å². The van der Waals surface area contributed by atoms with E-state index in [1.54, 1.807) is 60.7 Å². The van der Waals surface area contributed by atoms with Crippen LogP contribution in [0.4, 0.5) is 0 Å². The van der Waals surface area contributed by atoms with E-state index >= 15 is 0 Å². The Morgan fingerprint density at radius 3 is 1.17 bits per heavy atom. The van der Waals surface area contributed by atoms with Crippen LogP contribution >= 0.6 is 0 Å². The molecule has 0 amide bonds. The van der Waals surface area contributed by atoms with E-state index in [1.165, 1.54) is 0 Å². The van der Waals surface area contributed by atoms with Gasteiger partial charge in [-0.2, -0.15) is 0 Å². The minimum atomic E-state index is -3.77. The molecule has 6 aromatic rings. The van der Waals surface area contributed by atoms with Crippen LogP contribution in [0.25, 0.3) is 32.7 Å². The molecule has 0 aliphatic rings. The molecule has 0 atom stereocenters. The van der Waals surface area contributed by atoms with Gasteiger partial charge in [0.05, 0.1) is 9.79 Å². The highest BCUT2D eigenvalue weighted by molar-refractivity contribution is 7.89. The maximum Gasteiger partial charge on any atom is 0.240 e. The SMILES string of the molecule is O=S(=O)(NCc1ccc2ccccc2c1-c1c(CNS(=O)(=O)c2ccccc2)ccc2ccccc12)c1ccccc1. The molecule has 0 bridgehead atoms. The minimum Gasteiger partial charge on any atom is -0.207 e. The maximum atomic E-state index is 13.2. The van der Waals surface area contributed by atoms with Crippen LogP contribution in [0.5, 0.6) is 0 Å². The normalized spacial score (nSPS) is 12.1. The van der Waals surface area contributed by atoms with Gasteiger partial charge < -0.3 is 0 Å². The Balaban J connectivity index is 1.50. The quantitative estimate of drug-likeness (QED) is 0.197. The van der Waals surface area contributed by atoms with E-state index in [-0.39, 0.29) is 22.9 Å². The smallest absolute Gasteiger partial charge is 0.207 e. The fourth-order valence-electron chi connectivity index (χ4n) is 5.23. The number of fused-ring (bicyclic) bond motifs is 2. The van der Waals surface area contributed by atoms with Crippen LogP contribution in [0.3, 0.4) is 0 Å². The lowest BCUT2D eigenvalue weighted by Gasteiger charge is -2.20. The number of hydrogen-bond acceptors (Lipinski definition) is 4. The maximum absolute atomic E-state index is 13.2. The van der Waals surface area contributed by atoms with E-state index < -0.39 is 20.0 Å². The second kappa shape index (κ2) is 11.5. The van der Waals surface area contributed by atoms with Crippen molar-refractivity contribution in [2.75, 3.05) is 0 Å². The highest BCUT2D eigenvalue weighted by atomic mass is 32.2. The molecule has 0 heterocycles. The zero-order valence-corrected chi connectivity index (χ0v) is 24.2. The van der Waals surface area contributed by atoms with Crippen LogP contribution in [0.15, 0.2) is 143 Å². The van der Waals surface area contributed by atoms with Gasteiger partial charge in [0.25, 0.3) is 0 Å². The molecule has 0 aliphatic carbocycles. The van der Waals surface area contributed by atoms with Crippen LogP contribution in [-0.4, -0.2) is 16.8 Å². The summed E-state index contributed by atoms with van der Waals surface area (Å²) in [6.45, 7) is 0.103. The Labute approximate surface area is 245 Å². The fourth-order valence-corrected chi connectivity index (χ4v) is 7.29. The lowest BCUT2D eigenvalue weighted by atomic mass is 9.87. The van der Waals surface area contributed by atoms with Gasteiger partial charge in [-0.15, -0.1) is 0 Å². The van der Waals surface area contributed by atoms with Crippen molar-refractivity contribution in [2.45, 2.75) is 22.9 Å². The van der Waals surface area contributed by atoms with Crippen molar-refractivity contribution in [1.82, 2.24) is 9.44 Å². The molecule has 0 aliphatic heterocycles. The van der Waals surface area contributed by atoms with Crippen molar-refractivity contribution in [2.24, 2.45) is 0 Å². The summed E-state index contributed by atoms with van der Waals surface area (Å²) in [4.78, 5) is 0.377. The van der Waals surface area contributed by atoms with E-state index in [0.29, 0.717) is 0 Å². The molecule has 0 spiro atoms. The van der Waals surface area contributed by atoms with Gasteiger partial charge in [0.2, 0.25) is 20.0 Å². The minimum absolute atomic E-state index is 0.0514. The first-order valence-corrected chi connectivity index (χ1v) is 16.4. The van der Waals surface area contributed by atoms with Gasteiger partial charge >= 0.3 is 0 Å². The third kappa shape index (κ3) is 5.57. The molecule has 6 rings (SSSR count). The van der Waals surface area contributed by atoms with Crippen molar-refractivity contribution < 1.29 is 16.8 Å². The van der Waals surface area contributed by atoms with Gasteiger partial charge in [-0.3, -0.25) is 0 Å². The second-order valence-electron chi connectivity index (χ2n) is 9.92. The molecule has 6 nitrogen and oxygen atoms in total. The van der Waals surface area contributed by atoms with E-state index in [0.717, 1.165) is 43.8 Å². The van der Waals surface area contributed by atoms with Crippen molar-refractivity contribution in [3.63, 3.8) is 0 Å². The summed E-state index contributed by atoms with van der Waals surface area (Å²) in [7, 11) is -7.53. The highest BCUT2D eigenvalue weighted by Gasteiger charge is 2.21. The standard InChI is InChI=1S/C34H28N2O4S2/c37-41(38,29-13-3-1-4-14-29)35-23-27-21-19-25-11-7-9-17-31(25)33(27)34-28(22-20-26-12-8-10-18-32(26)34)24-36-42(39,40)30-15-5-2-6-16-30/h1-22,35-36H,23-24H2. The van der Waals surface area contributed by atoms with Gasteiger partial charge in [0.15, 0.2) is 0 Å². The van der Waals surface area contributed by atoms with Crippen LogP contribution in [0, 0.1) is 0 Å². The van der Waals surface area contributed by atoms with Crippen molar-refractivity contribution in [3.8, 4) is 11.1 Å². The first kappa shape index (κ1) is 27.8. The number of nitrogens with one attached hydrogen (secondary N) is 2. The molecule has 0 saturated heterocycles. The molecule has 6 aromatic carbocycles. The average Bonchev–Trinajstić information content (AvgIpc) is 3.03. The first-order valence-electron chi connectivity index (χ1n) is 13.4. The molecule has 210 valence electrons. The third-order valence-corrected chi connectivity index (χ3v) is 10.1. The Kier molecular flexibility index (Phi) is 7.62. The molecule has 0 radical (unpaired) electrons. The van der Waals surface area contributed by atoms with Crippen LogP contribution in [-0.2, 0) is 33.1 Å². The fraction of sp³-hybridized carbons (Fsp3) is 0.0588. The van der Waals surface area contributed by atoms with E-state index in [1.807, 2.05) is 72.8 Å². The molecule has 0 unspecified atom stereocenters. The Morgan fingerprint density at radius 1 is 0.405 bits per heavy atom. The van der Waals surface area contributed by atoms with Crippen molar-refractivity contribution >= 4 is 41.6 Å². The second-order valence-corrected chi connectivity index (χ2v) is 13.5. The van der Waals surface area contributed by atoms with E-state index in [4.69, 9.17) is 0 Å². The topological polar surface area (TPSA) is 92.3 Å². The zero-order valence-electron chi connectivity index (χ0n) is 22.6. The van der Waals surface area contributed by atoms with Crippen LogP contribution in [0.1, 0.15) is 11.1 Å². The summed E-state index contributed by atoms with van der Waals surface area (Å²) >= 11 is 0. The molecule has 2 N–H and O–H groups in total. The number of hydrogen-bond donors (Lipinski definition) is 2. The lowest BCUT2D eigenvalue weighted by molar-refractivity contribution is 0.579. The molecular weight excluding hydrogens is 565 g/mol. The molecule has 0 aromatic heterocycles. The molecular formula is C34H28N2O4S2. The monoisotopic (exact) mass is 592 g/mol. The zero-order chi connectivity index (χ0) is 29.2. The first-order chi connectivity index (χ1) is 20.3. The van der Waals surface area contributed by atoms with E-state index in [9.17, 15) is 16.8 Å². The highest BCUT2D eigenvalue weighted by Crippen LogP contribution is 2.39. The summed E-state index contributed by atoms with van der Waals surface area (Å²) in [5.41, 5.74) is 3.26. The Morgan fingerprint density at radius 2 is 0.762 bits per heavy atom. The predicted octanol–water partition coefficient (Wildman–Crippen LogP) is 6.62. The Bertz CT molecular complexity index is 1960. The van der Waals surface area contributed by atoms with Gasteiger partial charge in [0, 0.05) is 13.1 Å². The molecule has 0 fully saturated rings. The predicted molar refractivity (Wildman–Crippen MR) is 168 cm³/mol. The lowest BCUT2D eigenvalue weighted by Crippen LogP contribution is -2.24. The Hall–Kier alpha value is -4.34. The number of benzene rings is 6. The summed E-state index contributed by atoms with van der Waals surface area (Å²) in [6.07, 6.45) is 0. The van der Waals surface area contributed by atoms with Crippen LogP contribution < -0.4 is 9.44 Å². The molecule has 0 saturated carbocycles. The van der Waals surface area contributed by atoms with Gasteiger partial charge in [0.1, 0.15) is 0 Å². The van der Waals surface area contributed by atoms with Crippen LogP contribution in [0.2, 0.25) is 0 Å². The van der Waals surface area contributed by atoms with Gasteiger partial charge in [-0.25, -0.2) is 26.3 Å². The van der Waals surface area contributed by atoms with Gasteiger partial charge in [-0.1, -0.05) is 109 Å². The number of rotatable bonds is 9. The molecule has 8 heteroatoms. The van der Waals surface area contributed by atoms with Gasteiger partial charge in [-0.05, 0) is 68.1 Å². The largest absolute Gasteiger partial charge is 0.240 e. The summed E-state index contributed by atoms with van der Waals surface area (Å²) in [6, 6.07) is 40.3. The number of sulfonamides is 2.